The molecule has 7 heteroatoms. The van der Waals surface area contributed by atoms with Gasteiger partial charge in [0.25, 0.3) is 5.85 Å². The molecule has 78 valence electrons. The minimum Gasteiger partial charge on any atom is -0.394 e. The van der Waals surface area contributed by atoms with E-state index in [0.717, 1.165) is 0 Å². The summed E-state index contributed by atoms with van der Waals surface area (Å²) in [6.45, 7) is -0.703. The number of halogens is 1. The van der Waals surface area contributed by atoms with Crippen molar-refractivity contribution in [2.45, 2.75) is 30.5 Å². The smallest absolute Gasteiger partial charge is 0.286 e. The number of ether oxygens (including phenoxy) is 1. The third-order valence-corrected chi connectivity index (χ3v) is 1.95. The maximum Gasteiger partial charge on any atom is 0.286 e. The van der Waals surface area contributed by atoms with E-state index in [-0.39, 0.29) is 0 Å². The van der Waals surface area contributed by atoms with Crippen molar-refractivity contribution in [3.63, 3.8) is 0 Å². The Kier molecular flexibility index (Phi) is 2.85. The summed E-state index contributed by atoms with van der Waals surface area (Å²) in [6.07, 6.45) is -7.61. The molecule has 5 atom stereocenters. The van der Waals surface area contributed by atoms with E-state index in [2.05, 4.69) is 4.74 Å². The van der Waals surface area contributed by atoms with E-state index < -0.39 is 37.1 Å². The molecule has 5 N–H and O–H groups in total. The summed E-state index contributed by atoms with van der Waals surface area (Å²) in [5.74, 6) is -3.43. The summed E-state index contributed by atoms with van der Waals surface area (Å²) in [7, 11) is 0. The Labute approximate surface area is 72.8 Å². The first kappa shape index (κ1) is 10.8. The van der Waals surface area contributed by atoms with Gasteiger partial charge in [-0.15, -0.1) is 0 Å². The van der Waals surface area contributed by atoms with Crippen molar-refractivity contribution < 1.29 is 34.7 Å². The van der Waals surface area contributed by atoms with Crippen LogP contribution in [0.3, 0.4) is 0 Å². The van der Waals surface area contributed by atoms with Gasteiger partial charge in [-0.25, -0.2) is 4.39 Å². The second-order valence-corrected chi connectivity index (χ2v) is 2.87. The number of aliphatic hydroxyl groups is 5. The Hall–Kier alpha value is -0.310. The molecule has 1 aliphatic heterocycles. The lowest BCUT2D eigenvalue weighted by atomic mass is 9.97. The molecule has 0 bridgehead atoms. The van der Waals surface area contributed by atoms with Crippen LogP contribution < -0.4 is 0 Å². The molecule has 0 aromatic rings. The first-order chi connectivity index (χ1) is 5.91. The van der Waals surface area contributed by atoms with Crippen LogP contribution in [0.25, 0.3) is 0 Å². The molecule has 0 saturated carbocycles. The quantitative estimate of drug-likeness (QED) is 0.308. The number of hydrogen-bond acceptors (Lipinski definition) is 6. The predicted octanol–water partition coefficient (Wildman–Crippen LogP) is -2.92. The molecule has 0 radical (unpaired) electrons. The lowest BCUT2D eigenvalue weighted by Crippen LogP contribution is -2.64. The predicted molar refractivity (Wildman–Crippen MR) is 36.0 cm³/mol. The molecule has 1 rings (SSSR count). The zero-order valence-corrected chi connectivity index (χ0v) is 6.54. The van der Waals surface area contributed by atoms with E-state index in [9.17, 15) is 4.39 Å². The Morgan fingerprint density at radius 3 is 2.31 bits per heavy atom. The van der Waals surface area contributed by atoms with E-state index in [1.54, 1.807) is 0 Å². The second-order valence-electron chi connectivity index (χ2n) is 2.87. The Bertz CT molecular complexity index is 186. The van der Waals surface area contributed by atoms with Gasteiger partial charge in [-0.05, 0) is 0 Å². The van der Waals surface area contributed by atoms with Crippen LogP contribution >= 0.6 is 0 Å². The van der Waals surface area contributed by atoms with E-state index in [1.165, 1.54) is 0 Å². The van der Waals surface area contributed by atoms with Gasteiger partial charge in [-0.2, -0.15) is 0 Å². The Morgan fingerprint density at radius 1 is 1.31 bits per heavy atom. The molecule has 0 aromatic heterocycles. The van der Waals surface area contributed by atoms with Crippen LogP contribution in [0.15, 0.2) is 0 Å². The van der Waals surface area contributed by atoms with Crippen LogP contribution in [0.5, 0.6) is 0 Å². The van der Waals surface area contributed by atoms with Crippen molar-refractivity contribution in [1.82, 2.24) is 0 Å². The maximum atomic E-state index is 12.9. The van der Waals surface area contributed by atoms with Crippen molar-refractivity contribution in [3.05, 3.63) is 0 Å². The fraction of sp³-hybridized carbons (Fsp3) is 1.00. The van der Waals surface area contributed by atoms with Gasteiger partial charge in [0, 0.05) is 0 Å². The molecular weight excluding hydrogens is 187 g/mol. The second kappa shape index (κ2) is 3.45. The molecule has 0 spiro atoms. The summed E-state index contributed by atoms with van der Waals surface area (Å²) in [5.41, 5.74) is 0. The van der Waals surface area contributed by atoms with Crippen LogP contribution in [0, 0.1) is 0 Å². The van der Waals surface area contributed by atoms with Gasteiger partial charge in [-0.1, -0.05) is 0 Å². The number of rotatable bonds is 1. The Balaban J connectivity index is 2.79. The molecule has 1 aliphatic rings. The summed E-state index contributed by atoms with van der Waals surface area (Å²) >= 11 is 0. The van der Waals surface area contributed by atoms with E-state index in [4.69, 9.17) is 25.5 Å². The first-order valence-corrected chi connectivity index (χ1v) is 3.63. The largest absolute Gasteiger partial charge is 0.394 e. The van der Waals surface area contributed by atoms with Crippen molar-refractivity contribution in [3.8, 4) is 0 Å². The van der Waals surface area contributed by atoms with Crippen molar-refractivity contribution >= 4 is 0 Å². The molecule has 1 heterocycles. The first-order valence-electron chi connectivity index (χ1n) is 3.63. The fourth-order valence-corrected chi connectivity index (χ4v) is 1.08. The monoisotopic (exact) mass is 198 g/mol. The Morgan fingerprint density at radius 2 is 1.85 bits per heavy atom. The highest BCUT2D eigenvalue weighted by atomic mass is 19.2. The minimum absolute atomic E-state index is 0.703. The zero-order valence-electron chi connectivity index (χ0n) is 6.54. The maximum absolute atomic E-state index is 12.9. The highest BCUT2D eigenvalue weighted by molar-refractivity contribution is 4.93. The van der Waals surface area contributed by atoms with Gasteiger partial charge < -0.3 is 30.3 Å². The average molecular weight is 198 g/mol. The third-order valence-electron chi connectivity index (χ3n) is 1.95. The van der Waals surface area contributed by atoms with Gasteiger partial charge in [0.15, 0.2) is 0 Å². The van der Waals surface area contributed by atoms with Crippen LogP contribution in [0.1, 0.15) is 0 Å². The molecule has 0 aromatic carbocycles. The van der Waals surface area contributed by atoms with E-state index in [1.807, 2.05) is 0 Å². The molecule has 0 amide bonds. The third kappa shape index (κ3) is 1.66. The standard InChI is InChI=1S/C6H11FO6/c7-6(12)4(10)3(9)2(1-8)13-5(6)11/h2-5,8-12H,1H2/t2-,3+,4+,5+,6+/m1/s1. The SMILES string of the molecule is OC[C@H]1O[C@H](O)[C@](O)(F)[C@@H](O)[C@H]1O. The number of alkyl halides is 1. The summed E-state index contributed by atoms with van der Waals surface area (Å²) in [4.78, 5) is 0. The molecule has 6 nitrogen and oxygen atoms in total. The van der Waals surface area contributed by atoms with Crippen molar-refractivity contribution in [1.29, 1.82) is 0 Å². The summed E-state index contributed by atoms with van der Waals surface area (Å²) in [5, 5.41) is 44.1. The van der Waals surface area contributed by atoms with Gasteiger partial charge in [-0.3, -0.25) is 0 Å². The normalized spacial score (nSPS) is 52.2. The topological polar surface area (TPSA) is 110 Å². The molecule has 1 fully saturated rings. The van der Waals surface area contributed by atoms with Gasteiger partial charge in [0.05, 0.1) is 6.61 Å². The molecule has 13 heavy (non-hydrogen) atoms. The average Bonchev–Trinajstić information content (AvgIpc) is 2.09. The minimum atomic E-state index is -3.43. The van der Waals surface area contributed by atoms with Gasteiger partial charge in [0.1, 0.15) is 18.3 Å². The number of hydrogen-bond donors (Lipinski definition) is 5. The van der Waals surface area contributed by atoms with Gasteiger partial charge >= 0.3 is 0 Å². The lowest BCUT2D eigenvalue weighted by molar-refractivity contribution is -0.370. The van der Waals surface area contributed by atoms with Crippen LogP contribution in [-0.2, 0) is 4.74 Å². The molecule has 1 saturated heterocycles. The van der Waals surface area contributed by atoms with Crippen molar-refractivity contribution in [2.24, 2.45) is 0 Å². The van der Waals surface area contributed by atoms with Gasteiger partial charge in [0.2, 0.25) is 6.29 Å². The van der Waals surface area contributed by atoms with Crippen molar-refractivity contribution in [2.75, 3.05) is 6.61 Å². The molecular formula is C6H11FO6. The van der Waals surface area contributed by atoms with Crippen LogP contribution in [0.4, 0.5) is 4.39 Å². The summed E-state index contributed by atoms with van der Waals surface area (Å²) < 4.78 is 17.2. The van der Waals surface area contributed by atoms with Crippen LogP contribution in [-0.4, -0.2) is 62.6 Å². The highest BCUT2D eigenvalue weighted by Crippen LogP contribution is 2.29. The fourth-order valence-electron chi connectivity index (χ4n) is 1.08. The highest BCUT2D eigenvalue weighted by Gasteiger charge is 2.55. The summed E-state index contributed by atoms with van der Waals surface area (Å²) in [6, 6.07) is 0. The molecule has 0 unspecified atom stereocenters. The zero-order chi connectivity index (χ0) is 10.2. The number of aliphatic hydroxyl groups excluding tert-OH is 4. The lowest BCUT2D eigenvalue weighted by Gasteiger charge is -2.40. The molecule has 0 aliphatic carbocycles. The van der Waals surface area contributed by atoms with E-state index in [0.29, 0.717) is 0 Å². The van der Waals surface area contributed by atoms with Crippen LogP contribution in [0.2, 0.25) is 0 Å². The van der Waals surface area contributed by atoms with E-state index >= 15 is 0 Å².